The first-order valence-corrected chi connectivity index (χ1v) is 6.89. The van der Waals surface area contributed by atoms with Crippen LogP contribution in [0.2, 0.25) is 0 Å². The van der Waals surface area contributed by atoms with Gasteiger partial charge in [-0.1, -0.05) is 29.3 Å². The summed E-state index contributed by atoms with van der Waals surface area (Å²) < 4.78 is 6.67. The number of carbonyl (C=O) groups is 1. The van der Waals surface area contributed by atoms with Crippen molar-refractivity contribution in [3.05, 3.63) is 53.1 Å². The summed E-state index contributed by atoms with van der Waals surface area (Å²) in [5.74, 6) is -0.408. The van der Waals surface area contributed by atoms with Crippen LogP contribution in [0.15, 0.2) is 30.7 Å². The largest absolute Gasteiger partial charge is 0.468 e. The van der Waals surface area contributed by atoms with Gasteiger partial charge in [0.2, 0.25) is 0 Å². The van der Waals surface area contributed by atoms with Gasteiger partial charge in [-0.15, -0.1) is 0 Å². The van der Waals surface area contributed by atoms with Crippen LogP contribution in [0, 0.1) is 13.8 Å². The lowest BCUT2D eigenvalue weighted by molar-refractivity contribution is -0.142. The second kappa shape index (κ2) is 6.54. The molecule has 0 spiro atoms. The average Bonchev–Trinajstić information content (AvgIpc) is 2.83. The number of nitrogens with two attached hydrogens (primary N) is 1. The number of ether oxygens (including phenoxy) is 1. The Morgan fingerprint density at radius 1 is 1.33 bits per heavy atom. The molecule has 5 heteroatoms. The van der Waals surface area contributed by atoms with Crippen LogP contribution < -0.4 is 5.73 Å². The molecule has 0 saturated carbocycles. The quantitative estimate of drug-likeness (QED) is 0.848. The van der Waals surface area contributed by atoms with Crippen LogP contribution in [0.25, 0.3) is 0 Å². The van der Waals surface area contributed by atoms with Gasteiger partial charge in [0.05, 0.1) is 13.4 Å². The van der Waals surface area contributed by atoms with Crippen LogP contribution in [0.3, 0.4) is 0 Å². The number of esters is 1. The molecule has 0 amide bonds. The summed E-state index contributed by atoms with van der Waals surface area (Å²) in [6.45, 7) is 4.88. The Hall–Kier alpha value is -2.14. The van der Waals surface area contributed by atoms with E-state index in [1.165, 1.54) is 23.8 Å². The van der Waals surface area contributed by atoms with Crippen molar-refractivity contribution < 1.29 is 9.53 Å². The molecule has 1 aromatic carbocycles. The van der Waals surface area contributed by atoms with E-state index >= 15 is 0 Å². The highest BCUT2D eigenvalue weighted by atomic mass is 16.5. The molecule has 2 aromatic rings. The van der Waals surface area contributed by atoms with Gasteiger partial charge in [0.15, 0.2) is 0 Å². The predicted molar refractivity (Wildman–Crippen MR) is 80.9 cm³/mol. The Labute approximate surface area is 124 Å². The Balaban J connectivity index is 2.15. The summed E-state index contributed by atoms with van der Waals surface area (Å²) in [6.07, 6.45) is 3.92. The minimum atomic E-state index is -0.662. The smallest absolute Gasteiger partial charge is 0.323 e. The third kappa shape index (κ3) is 3.92. The van der Waals surface area contributed by atoms with Gasteiger partial charge >= 0.3 is 5.97 Å². The molecule has 21 heavy (non-hydrogen) atoms. The number of methoxy groups -OCH3 is 1. The SMILES string of the molecule is COC(=O)[C@@H](N)Cc1cncn1Cc1cc(C)cc(C)c1. The van der Waals surface area contributed by atoms with Gasteiger partial charge in [-0.05, 0) is 19.4 Å². The molecule has 2 N–H and O–H groups in total. The molecular weight excluding hydrogens is 266 g/mol. The molecule has 5 nitrogen and oxygen atoms in total. The molecule has 0 radical (unpaired) electrons. The monoisotopic (exact) mass is 287 g/mol. The number of aromatic nitrogens is 2. The molecule has 0 aliphatic rings. The van der Waals surface area contributed by atoms with E-state index in [-0.39, 0.29) is 0 Å². The number of rotatable bonds is 5. The maximum atomic E-state index is 11.4. The van der Waals surface area contributed by atoms with E-state index in [9.17, 15) is 4.79 Å². The molecular formula is C16H21N3O2. The summed E-state index contributed by atoms with van der Waals surface area (Å²) in [5, 5.41) is 0. The number of hydrogen-bond donors (Lipinski definition) is 1. The number of nitrogens with zero attached hydrogens (tertiary/aromatic N) is 2. The lowest BCUT2D eigenvalue weighted by Crippen LogP contribution is -2.34. The van der Waals surface area contributed by atoms with Gasteiger partial charge in [0.1, 0.15) is 6.04 Å². The fourth-order valence-corrected chi connectivity index (χ4v) is 2.48. The normalized spacial score (nSPS) is 12.2. The summed E-state index contributed by atoms with van der Waals surface area (Å²) in [5.41, 5.74) is 10.4. The van der Waals surface area contributed by atoms with E-state index in [0.717, 1.165) is 5.69 Å². The lowest BCUT2D eigenvalue weighted by Gasteiger charge is -2.12. The molecule has 0 fully saturated rings. The van der Waals surface area contributed by atoms with E-state index in [0.29, 0.717) is 13.0 Å². The molecule has 1 heterocycles. The number of benzene rings is 1. The fraction of sp³-hybridized carbons (Fsp3) is 0.375. The van der Waals surface area contributed by atoms with Crippen molar-refractivity contribution in [1.29, 1.82) is 0 Å². The van der Waals surface area contributed by atoms with Gasteiger partial charge in [-0.2, -0.15) is 0 Å². The zero-order valence-corrected chi connectivity index (χ0v) is 12.7. The minimum absolute atomic E-state index is 0.408. The van der Waals surface area contributed by atoms with Crippen molar-refractivity contribution in [2.45, 2.75) is 32.9 Å². The highest BCUT2D eigenvalue weighted by Gasteiger charge is 2.16. The highest BCUT2D eigenvalue weighted by Crippen LogP contribution is 2.12. The second-order valence-electron chi connectivity index (χ2n) is 5.34. The predicted octanol–water partition coefficient (Wildman–Crippen LogP) is 1.59. The summed E-state index contributed by atoms with van der Waals surface area (Å²) in [4.78, 5) is 15.6. The Bertz CT molecular complexity index is 614. The Morgan fingerprint density at radius 3 is 2.62 bits per heavy atom. The average molecular weight is 287 g/mol. The topological polar surface area (TPSA) is 70.1 Å². The van der Waals surface area contributed by atoms with Crippen molar-refractivity contribution in [1.82, 2.24) is 9.55 Å². The minimum Gasteiger partial charge on any atom is -0.468 e. The zero-order chi connectivity index (χ0) is 15.4. The Kier molecular flexibility index (Phi) is 4.75. The summed E-state index contributed by atoms with van der Waals surface area (Å²) in [7, 11) is 1.34. The van der Waals surface area contributed by atoms with Crippen molar-refractivity contribution in [2.24, 2.45) is 5.73 Å². The van der Waals surface area contributed by atoms with Gasteiger partial charge in [-0.3, -0.25) is 4.79 Å². The van der Waals surface area contributed by atoms with Gasteiger partial charge < -0.3 is 15.0 Å². The maximum absolute atomic E-state index is 11.4. The van der Waals surface area contributed by atoms with E-state index in [4.69, 9.17) is 5.73 Å². The first-order chi connectivity index (χ1) is 9.99. The van der Waals surface area contributed by atoms with Crippen molar-refractivity contribution in [3.8, 4) is 0 Å². The van der Waals surface area contributed by atoms with Crippen LogP contribution >= 0.6 is 0 Å². The molecule has 0 aliphatic heterocycles. The first-order valence-electron chi connectivity index (χ1n) is 6.89. The van der Waals surface area contributed by atoms with Crippen LogP contribution in [-0.2, 0) is 22.5 Å². The van der Waals surface area contributed by atoms with Gasteiger partial charge in [-0.25, -0.2) is 4.98 Å². The van der Waals surface area contributed by atoms with Crippen molar-refractivity contribution in [3.63, 3.8) is 0 Å². The molecule has 2 rings (SSSR count). The second-order valence-corrected chi connectivity index (χ2v) is 5.34. The standard InChI is InChI=1S/C16H21N3O2/c1-11-4-12(2)6-13(5-11)9-19-10-18-8-14(19)7-15(17)16(20)21-3/h4-6,8,10,15H,7,9,17H2,1-3H3/t15-/m0/s1. The summed E-state index contributed by atoms with van der Waals surface area (Å²) in [6, 6.07) is 5.78. The maximum Gasteiger partial charge on any atom is 0.323 e. The fourth-order valence-electron chi connectivity index (χ4n) is 2.48. The van der Waals surface area contributed by atoms with Gasteiger partial charge in [0.25, 0.3) is 0 Å². The molecule has 0 bridgehead atoms. The number of carbonyl (C=O) groups excluding carboxylic acids is 1. The third-order valence-corrected chi connectivity index (χ3v) is 3.37. The zero-order valence-electron chi connectivity index (χ0n) is 12.7. The Morgan fingerprint density at radius 2 is 2.00 bits per heavy atom. The molecule has 112 valence electrons. The van der Waals surface area contributed by atoms with Crippen LogP contribution in [0.5, 0.6) is 0 Å². The van der Waals surface area contributed by atoms with E-state index in [1.54, 1.807) is 12.5 Å². The molecule has 1 atom stereocenters. The molecule has 0 saturated heterocycles. The van der Waals surface area contributed by atoms with Gasteiger partial charge in [0, 0.05) is 24.9 Å². The van der Waals surface area contributed by atoms with Crippen LogP contribution in [0.4, 0.5) is 0 Å². The molecule has 1 aromatic heterocycles. The summed E-state index contributed by atoms with van der Waals surface area (Å²) >= 11 is 0. The highest BCUT2D eigenvalue weighted by molar-refractivity contribution is 5.75. The van der Waals surface area contributed by atoms with Crippen LogP contribution in [-0.4, -0.2) is 28.7 Å². The number of hydrogen-bond acceptors (Lipinski definition) is 4. The van der Waals surface area contributed by atoms with Crippen LogP contribution in [0.1, 0.15) is 22.4 Å². The number of aryl methyl sites for hydroxylation is 2. The molecule has 0 aliphatic carbocycles. The van der Waals surface area contributed by atoms with Crippen molar-refractivity contribution >= 4 is 5.97 Å². The van der Waals surface area contributed by atoms with E-state index < -0.39 is 12.0 Å². The first kappa shape index (κ1) is 15.3. The van der Waals surface area contributed by atoms with E-state index in [1.807, 2.05) is 4.57 Å². The number of imidazole rings is 1. The van der Waals surface area contributed by atoms with Crippen molar-refractivity contribution in [2.75, 3.05) is 7.11 Å². The lowest BCUT2D eigenvalue weighted by atomic mass is 10.1. The molecule has 0 unspecified atom stereocenters. The van der Waals surface area contributed by atoms with E-state index in [2.05, 4.69) is 41.8 Å². The third-order valence-electron chi connectivity index (χ3n) is 3.37.